The van der Waals surface area contributed by atoms with Gasteiger partial charge < -0.3 is 15.1 Å². The van der Waals surface area contributed by atoms with Crippen molar-refractivity contribution in [3.05, 3.63) is 58.4 Å². The molecule has 0 fully saturated rings. The number of nitrogens with zero attached hydrogens (tertiary/aromatic N) is 3. The van der Waals surface area contributed by atoms with Crippen LogP contribution in [0.25, 0.3) is 0 Å². The van der Waals surface area contributed by atoms with Crippen molar-refractivity contribution >= 4 is 29.2 Å². The summed E-state index contributed by atoms with van der Waals surface area (Å²) >= 11 is 6.22. The van der Waals surface area contributed by atoms with Crippen LogP contribution < -0.4 is 5.32 Å². The maximum Gasteiger partial charge on any atom is 0.321 e. The van der Waals surface area contributed by atoms with Crippen LogP contribution in [0, 0.1) is 6.92 Å². The van der Waals surface area contributed by atoms with E-state index in [4.69, 9.17) is 11.6 Å². The molecule has 0 radical (unpaired) electrons. The molecule has 1 heterocycles. The number of hydrogen-bond donors (Lipinski definition) is 1. The Hall–Kier alpha value is -2.60. The summed E-state index contributed by atoms with van der Waals surface area (Å²) in [5, 5.41) is 3.17. The second kappa shape index (κ2) is 9.37. The molecule has 0 aliphatic rings. The van der Waals surface area contributed by atoms with Gasteiger partial charge in [-0.15, -0.1) is 0 Å². The molecule has 144 valence electrons. The largest absolute Gasteiger partial charge is 0.339 e. The fraction of sp³-hybridized carbons (Fsp3) is 0.350. The molecular weight excluding hydrogens is 364 g/mol. The molecule has 0 aliphatic heterocycles. The van der Waals surface area contributed by atoms with Crippen molar-refractivity contribution in [3.8, 4) is 0 Å². The van der Waals surface area contributed by atoms with E-state index in [9.17, 15) is 9.59 Å². The van der Waals surface area contributed by atoms with Gasteiger partial charge in [0, 0.05) is 44.6 Å². The average Bonchev–Trinajstić information content (AvgIpc) is 2.66. The lowest BCUT2D eigenvalue weighted by atomic mass is 10.1. The zero-order chi connectivity index (χ0) is 20.0. The second-order valence-electron chi connectivity index (χ2n) is 6.26. The molecule has 0 saturated carbocycles. The van der Waals surface area contributed by atoms with Gasteiger partial charge >= 0.3 is 6.03 Å². The molecule has 2 rings (SSSR count). The number of aryl methyl sites for hydroxylation is 1. The van der Waals surface area contributed by atoms with Crippen LogP contribution in [0.2, 0.25) is 5.02 Å². The van der Waals surface area contributed by atoms with Crippen molar-refractivity contribution < 1.29 is 9.59 Å². The summed E-state index contributed by atoms with van der Waals surface area (Å²) < 4.78 is 0. The van der Waals surface area contributed by atoms with Gasteiger partial charge in [0.1, 0.15) is 0 Å². The highest BCUT2D eigenvalue weighted by molar-refractivity contribution is 6.33. The van der Waals surface area contributed by atoms with Gasteiger partial charge in [-0.2, -0.15) is 0 Å². The first-order valence-electron chi connectivity index (χ1n) is 8.87. The van der Waals surface area contributed by atoms with Gasteiger partial charge in [-0.3, -0.25) is 9.78 Å². The highest BCUT2D eigenvalue weighted by Crippen LogP contribution is 2.24. The van der Waals surface area contributed by atoms with Gasteiger partial charge in [0.2, 0.25) is 0 Å². The van der Waals surface area contributed by atoms with Gasteiger partial charge in [-0.1, -0.05) is 11.6 Å². The topological polar surface area (TPSA) is 65.5 Å². The molecule has 1 aromatic carbocycles. The van der Waals surface area contributed by atoms with Crippen LogP contribution in [-0.4, -0.2) is 46.9 Å². The van der Waals surface area contributed by atoms with E-state index in [-0.39, 0.29) is 11.9 Å². The summed E-state index contributed by atoms with van der Waals surface area (Å²) in [4.78, 5) is 32.4. The molecule has 6 nitrogen and oxygen atoms in total. The molecule has 0 atom stereocenters. The van der Waals surface area contributed by atoms with Crippen LogP contribution >= 0.6 is 11.6 Å². The molecule has 1 N–H and O–H groups in total. The number of nitrogens with one attached hydrogen (secondary N) is 1. The van der Waals surface area contributed by atoms with Crippen molar-refractivity contribution in [3.63, 3.8) is 0 Å². The highest BCUT2D eigenvalue weighted by atomic mass is 35.5. The Morgan fingerprint density at radius 1 is 1.19 bits per heavy atom. The van der Waals surface area contributed by atoms with Crippen LogP contribution in [0.5, 0.6) is 0 Å². The van der Waals surface area contributed by atoms with Crippen molar-refractivity contribution in [2.75, 3.05) is 25.5 Å². The fourth-order valence-electron chi connectivity index (χ4n) is 2.67. The van der Waals surface area contributed by atoms with Gasteiger partial charge in [0.15, 0.2) is 0 Å². The Balaban J connectivity index is 2.13. The van der Waals surface area contributed by atoms with Gasteiger partial charge in [-0.05, 0) is 56.2 Å². The van der Waals surface area contributed by atoms with E-state index in [0.717, 1.165) is 11.1 Å². The summed E-state index contributed by atoms with van der Waals surface area (Å²) in [7, 11) is 1.70. The average molecular weight is 389 g/mol. The number of hydrogen-bond acceptors (Lipinski definition) is 3. The maximum absolute atomic E-state index is 12.6. The lowest BCUT2D eigenvalue weighted by Crippen LogP contribution is -2.32. The first-order valence-corrected chi connectivity index (χ1v) is 9.25. The SMILES string of the molecule is CCN(CC)C(=O)c1ccc(Cl)c(NC(=O)N(C)Cc2ccncc2C)c1. The molecule has 0 bridgehead atoms. The lowest BCUT2D eigenvalue weighted by molar-refractivity contribution is 0.0773. The van der Waals surface area contributed by atoms with Crippen LogP contribution in [0.15, 0.2) is 36.7 Å². The summed E-state index contributed by atoms with van der Waals surface area (Å²) in [6, 6.07) is 6.49. The molecule has 27 heavy (non-hydrogen) atoms. The van der Waals surface area contributed by atoms with Crippen LogP contribution in [0.1, 0.15) is 35.3 Å². The predicted molar refractivity (Wildman–Crippen MR) is 108 cm³/mol. The highest BCUT2D eigenvalue weighted by Gasteiger charge is 2.17. The number of urea groups is 1. The molecular formula is C20H25ClN4O2. The number of anilines is 1. The van der Waals surface area contributed by atoms with Gasteiger partial charge in [-0.25, -0.2) is 4.79 Å². The summed E-state index contributed by atoms with van der Waals surface area (Å²) in [6.07, 6.45) is 3.47. The molecule has 7 heteroatoms. The van der Waals surface area contributed by atoms with Crippen LogP contribution in [0.3, 0.4) is 0 Å². The lowest BCUT2D eigenvalue weighted by Gasteiger charge is -2.21. The zero-order valence-electron chi connectivity index (χ0n) is 16.1. The first kappa shape index (κ1) is 20.7. The minimum absolute atomic E-state index is 0.0899. The van der Waals surface area contributed by atoms with E-state index >= 15 is 0 Å². The number of pyridine rings is 1. The number of carbonyl (C=O) groups is 2. The number of amides is 3. The third-order valence-electron chi connectivity index (χ3n) is 4.40. The third-order valence-corrected chi connectivity index (χ3v) is 4.73. The summed E-state index contributed by atoms with van der Waals surface area (Å²) in [5.74, 6) is -0.0899. The van der Waals surface area contributed by atoms with E-state index in [1.165, 1.54) is 0 Å². The van der Waals surface area contributed by atoms with Crippen molar-refractivity contribution in [1.29, 1.82) is 0 Å². The Kier molecular flexibility index (Phi) is 7.19. The standard InChI is InChI=1S/C20H25ClN4O2/c1-5-25(6-2)19(26)15-7-8-17(21)18(11-15)23-20(27)24(4)13-16-9-10-22-12-14(16)3/h7-12H,5-6,13H2,1-4H3,(H,23,27). The molecule has 0 unspecified atom stereocenters. The number of halogens is 1. The quantitative estimate of drug-likeness (QED) is 0.806. The van der Waals surface area contributed by atoms with E-state index in [2.05, 4.69) is 10.3 Å². The normalized spacial score (nSPS) is 10.4. The van der Waals surface area contributed by atoms with E-state index < -0.39 is 0 Å². The molecule has 3 amide bonds. The predicted octanol–water partition coefficient (Wildman–Crippen LogP) is 4.19. The number of aromatic nitrogens is 1. The third kappa shape index (κ3) is 5.20. The minimum atomic E-state index is -0.305. The van der Waals surface area contributed by atoms with Crippen LogP contribution in [-0.2, 0) is 6.54 Å². The van der Waals surface area contributed by atoms with Crippen molar-refractivity contribution in [2.45, 2.75) is 27.3 Å². The van der Waals surface area contributed by atoms with E-state index in [0.29, 0.717) is 35.9 Å². The Labute approximate surface area is 165 Å². The van der Waals surface area contributed by atoms with Crippen molar-refractivity contribution in [1.82, 2.24) is 14.8 Å². The Bertz CT molecular complexity index is 821. The number of carbonyl (C=O) groups excluding carboxylic acids is 2. The Morgan fingerprint density at radius 3 is 2.52 bits per heavy atom. The Morgan fingerprint density at radius 2 is 1.89 bits per heavy atom. The molecule has 1 aromatic heterocycles. The molecule has 0 spiro atoms. The van der Waals surface area contributed by atoms with E-state index in [1.807, 2.05) is 26.8 Å². The summed E-state index contributed by atoms with van der Waals surface area (Å²) in [6.45, 7) is 7.48. The summed E-state index contributed by atoms with van der Waals surface area (Å²) in [5.41, 5.74) is 2.94. The van der Waals surface area contributed by atoms with Gasteiger partial charge in [0.05, 0.1) is 10.7 Å². The second-order valence-corrected chi connectivity index (χ2v) is 6.67. The fourth-order valence-corrected chi connectivity index (χ4v) is 2.83. The van der Waals surface area contributed by atoms with Gasteiger partial charge in [0.25, 0.3) is 5.91 Å². The number of benzene rings is 1. The zero-order valence-corrected chi connectivity index (χ0v) is 16.9. The monoisotopic (exact) mass is 388 g/mol. The molecule has 0 aliphatic carbocycles. The molecule has 2 aromatic rings. The van der Waals surface area contributed by atoms with Crippen LogP contribution in [0.4, 0.5) is 10.5 Å². The molecule has 0 saturated heterocycles. The van der Waals surface area contributed by atoms with Crippen molar-refractivity contribution in [2.24, 2.45) is 0 Å². The minimum Gasteiger partial charge on any atom is -0.339 e. The van der Waals surface area contributed by atoms with E-state index in [1.54, 1.807) is 47.4 Å². The number of rotatable bonds is 6. The maximum atomic E-state index is 12.6. The smallest absolute Gasteiger partial charge is 0.321 e. The first-order chi connectivity index (χ1) is 12.9.